The first-order valence-corrected chi connectivity index (χ1v) is 5.93. The summed E-state index contributed by atoms with van der Waals surface area (Å²) in [6, 6.07) is -0.0256. The second-order valence-electron chi connectivity index (χ2n) is 4.19. The largest absolute Gasteiger partial charge is 0.466 e. The highest BCUT2D eigenvalue weighted by Crippen LogP contribution is 2.10. The molecule has 1 heterocycles. The normalized spacial score (nSPS) is 12.5. The highest BCUT2D eigenvalue weighted by Gasteiger charge is 2.11. The summed E-state index contributed by atoms with van der Waals surface area (Å²) in [6.07, 6.45) is 3.61. The Bertz CT molecular complexity index is 374. The van der Waals surface area contributed by atoms with Crippen LogP contribution in [-0.2, 0) is 23.0 Å². The van der Waals surface area contributed by atoms with E-state index in [0.717, 1.165) is 17.7 Å². The van der Waals surface area contributed by atoms with E-state index >= 15 is 0 Å². The molecule has 0 radical (unpaired) electrons. The molecule has 0 aliphatic rings. The number of hydrogen-bond acceptors (Lipinski definition) is 4. The maximum atomic E-state index is 11.2. The number of carbonyl (C=O) groups is 1. The number of aromatic nitrogens is 2. The van der Waals surface area contributed by atoms with Crippen molar-refractivity contribution in [2.24, 2.45) is 12.8 Å². The first-order chi connectivity index (χ1) is 8.04. The average molecular weight is 239 g/mol. The number of rotatable bonds is 6. The maximum absolute atomic E-state index is 11.2. The first-order valence-electron chi connectivity index (χ1n) is 5.93. The van der Waals surface area contributed by atoms with Crippen molar-refractivity contribution in [1.82, 2.24) is 9.78 Å². The molecule has 1 unspecified atom stereocenters. The Morgan fingerprint density at radius 2 is 2.35 bits per heavy atom. The van der Waals surface area contributed by atoms with Gasteiger partial charge in [0.05, 0.1) is 12.8 Å². The van der Waals surface area contributed by atoms with Crippen LogP contribution in [0.25, 0.3) is 0 Å². The van der Waals surface area contributed by atoms with E-state index in [9.17, 15) is 4.79 Å². The SMILES string of the molecule is CCOC(=O)CCC(N)Cc1cnn(C)c1C. The number of nitrogens with zero attached hydrogens (tertiary/aromatic N) is 2. The van der Waals surface area contributed by atoms with Crippen LogP contribution in [0, 0.1) is 6.92 Å². The highest BCUT2D eigenvalue weighted by molar-refractivity contribution is 5.69. The van der Waals surface area contributed by atoms with Gasteiger partial charge in [0.2, 0.25) is 0 Å². The van der Waals surface area contributed by atoms with Gasteiger partial charge in [-0.1, -0.05) is 0 Å². The van der Waals surface area contributed by atoms with Gasteiger partial charge in [-0.05, 0) is 32.3 Å². The molecule has 0 spiro atoms. The van der Waals surface area contributed by atoms with Crippen molar-refractivity contribution in [3.63, 3.8) is 0 Å². The molecule has 1 aromatic rings. The van der Waals surface area contributed by atoms with Crippen molar-refractivity contribution in [2.75, 3.05) is 6.61 Å². The average Bonchev–Trinajstić information content (AvgIpc) is 2.59. The predicted molar refractivity (Wildman–Crippen MR) is 65.5 cm³/mol. The highest BCUT2D eigenvalue weighted by atomic mass is 16.5. The summed E-state index contributed by atoms with van der Waals surface area (Å²) in [7, 11) is 1.91. The zero-order valence-electron chi connectivity index (χ0n) is 10.8. The topological polar surface area (TPSA) is 70.1 Å². The Morgan fingerprint density at radius 1 is 1.65 bits per heavy atom. The second kappa shape index (κ2) is 6.39. The lowest BCUT2D eigenvalue weighted by molar-refractivity contribution is -0.143. The van der Waals surface area contributed by atoms with Crippen molar-refractivity contribution in [2.45, 2.75) is 39.2 Å². The standard InChI is InChI=1S/C12H21N3O2/c1-4-17-12(16)6-5-11(13)7-10-8-14-15(3)9(10)2/h8,11H,4-7,13H2,1-3H3. The third-order valence-electron chi connectivity index (χ3n) is 2.84. The fourth-order valence-corrected chi connectivity index (χ4v) is 1.67. The molecular weight excluding hydrogens is 218 g/mol. The smallest absolute Gasteiger partial charge is 0.305 e. The Kier molecular flexibility index (Phi) is 5.15. The summed E-state index contributed by atoms with van der Waals surface area (Å²) in [5.41, 5.74) is 8.25. The Hall–Kier alpha value is -1.36. The summed E-state index contributed by atoms with van der Waals surface area (Å²) in [5, 5.41) is 4.16. The summed E-state index contributed by atoms with van der Waals surface area (Å²) in [6.45, 7) is 4.24. The number of esters is 1. The molecule has 0 saturated heterocycles. The van der Waals surface area contributed by atoms with Gasteiger partial charge in [-0.3, -0.25) is 9.48 Å². The van der Waals surface area contributed by atoms with Crippen molar-refractivity contribution in [1.29, 1.82) is 0 Å². The molecule has 1 atom stereocenters. The van der Waals surface area contributed by atoms with Crippen molar-refractivity contribution in [3.05, 3.63) is 17.5 Å². The molecule has 96 valence electrons. The molecule has 1 aromatic heterocycles. The van der Waals surface area contributed by atoms with Crippen molar-refractivity contribution >= 4 is 5.97 Å². The third-order valence-corrected chi connectivity index (χ3v) is 2.84. The van der Waals surface area contributed by atoms with Crippen LogP contribution in [0.3, 0.4) is 0 Å². The lowest BCUT2D eigenvalue weighted by Crippen LogP contribution is -2.24. The lowest BCUT2D eigenvalue weighted by atomic mass is 10.0. The van der Waals surface area contributed by atoms with Gasteiger partial charge in [-0.2, -0.15) is 5.10 Å². The van der Waals surface area contributed by atoms with Gasteiger partial charge in [0.25, 0.3) is 0 Å². The second-order valence-corrected chi connectivity index (χ2v) is 4.19. The van der Waals surface area contributed by atoms with Crippen LogP contribution in [0.4, 0.5) is 0 Å². The molecule has 5 heteroatoms. The van der Waals surface area contributed by atoms with E-state index in [-0.39, 0.29) is 12.0 Å². The van der Waals surface area contributed by atoms with Crippen LogP contribution < -0.4 is 5.73 Å². The first kappa shape index (κ1) is 13.7. The van der Waals surface area contributed by atoms with Gasteiger partial charge >= 0.3 is 5.97 Å². The van der Waals surface area contributed by atoms with Crippen LogP contribution in [0.1, 0.15) is 31.0 Å². The maximum Gasteiger partial charge on any atom is 0.305 e. The Morgan fingerprint density at radius 3 is 2.88 bits per heavy atom. The van der Waals surface area contributed by atoms with Crippen molar-refractivity contribution in [3.8, 4) is 0 Å². The number of ether oxygens (including phenoxy) is 1. The zero-order chi connectivity index (χ0) is 12.8. The van der Waals surface area contributed by atoms with Crippen LogP contribution >= 0.6 is 0 Å². The van der Waals surface area contributed by atoms with E-state index in [2.05, 4.69) is 5.10 Å². The summed E-state index contributed by atoms with van der Waals surface area (Å²) in [5.74, 6) is -0.175. The van der Waals surface area contributed by atoms with Crippen LogP contribution in [0.15, 0.2) is 6.20 Å². The monoisotopic (exact) mass is 239 g/mol. The van der Waals surface area contributed by atoms with Crippen LogP contribution in [0.5, 0.6) is 0 Å². The van der Waals surface area contributed by atoms with Gasteiger partial charge in [-0.25, -0.2) is 0 Å². The minimum Gasteiger partial charge on any atom is -0.466 e. The van der Waals surface area contributed by atoms with Gasteiger partial charge < -0.3 is 10.5 Å². The number of carbonyl (C=O) groups excluding carboxylic acids is 1. The molecule has 2 N–H and O–H groups in total. The van der Waals surface area contributed by atoms with E-state index in [1.807, 2.05) is 24.9 Å². The van der Waals surface area contributed by atoms with Gasteiger partial charge in [-0.15, -0.1) is 0 Å². The molecule has 0 bridgehead atoms. The molecule has 0 saturated carbocycles. The molecule has 17 heavy (non-hydrogen) atoms. The van der Waals surface area contributed by atoms with Gasteiger partial charge in [0.1, 0.15) is 0 Å². The predicted octanol–water partition coefficient (Wildman–Crippen LogP) is 0.942. The Balaban J connectivity index is 2.37. The van der Waals surface area contributed by atoms with Crippen LogP contribution in [0.2, 0.25) is 0 Å². The minimum atomic E-state index is -0.175. The third kappa shape index (κ3) is 4.19. The van der Waals surface area contributed by atoms with Gasteiger partial charge in [0, 0.05) is 25.2 Å². The molecule has 0 amide bonds. The molecule has 0 aromatic carbocycles. The number of hydrogen-bond donors (Lipinski definition) is 1. The molecule has 1 rings (SSSR count). The fraction of sp³-hybridized carbons (Fsp3) is 0.667. The van der Waals surface area contributed by atoms with Gasteiger partial charge in [0.15, 0.2) is 0 Å². The quantitative estimate of drug-likeness (QED) is 0.750. The van der Waals surface area contributed by atoms with E-state index in [1.54, 1.807) is 6.92 Å². The van der Waals surface area contributed by atoms with E-state index in [1.165, 1.54) is 0 Å². The fourth-order valence-electron chi connectivity index (χ4n) is 1.67. The molecular formula is C12H21N3O2. The minimum absolute atomic E-state index is 0.0256. The van der Waals surface area contributed by atoms with Crippen LogP contribution in [-0.4, -0.2) is 28.4 Å². The lowest BCUT2D eigenvalue weighted by Gasteiger charge is -2.10. The van der Waals surface area contributed by atoms with E-state index < -0.39 is 0 Å². The zero-order valence-corrected chi connectivity index (χ0v) is 10.8. The summed E-state index contributed by atoms with van der Waals surface area (Å²) >= 11 is 0. The molecule has 0 aliphatic carbocycles. The molecule has 5 nitrogen and oxygen atoms in total. The molecule has 0 aliphatic heterocycles. The van der Waals surface area contributed by atoms with E-state index in [4.69, 9.17) is 10.5 Å². The summed E-state index contributed by atoms with van der Waals surface area (Å²) < 4.78 is 6.69. The van der Waals surface area contributed by atoms with Crippen molar-refractivity contribution < 1.29 is 9.53 Å². The number of nitrogens with two attached hydrogens (primary N) is 1. The molecule has 0 fully saturated rings. The van der Waals surface area contributed by atoms with E-state index in [0.29, 0.717) is 19.4 Å². The summed E-state index contributed by atoms with van der Waals surface area (Å²) in [4.78, 5) is 11.2. The Labute approximate surface area is 102 Å². The number of aryl methyl sites for hydroxylation is 1.